The maximum atomic E-state index is 12.3. The molecular formula is C16H16INO3. The highest BCUT2D eigenvalue weighted by atomic mass is 127. The number of nitrogens with one attached hydrogen (secondary N) is 1. The van der Waals surface area contributed by atoms with E-state index in [4.69, 9.17) is 9.47 Å². The van der Waals surface area contributed by atoms with Crippen LogP contribution in [0.25, 0.3) is 0 Å². The van der Waals surface area contributed by atoms with Crippen LogP contribution >= 0.6 is 22.6 Å². The third-order valence-electron chi connectivity index (χ3n) is 3.10. The molecule has 0 radical (unpaired) electrons. The fraction of sp³-hybridized carbons (Fsp3) is 0.188. The van der Waals surface area contributed by atoms with E-state index in [-0.39, 0.29) is 5.91 Å². The molecule has 1 amide bonds. The Labute approximate surface area is 137 Å². The summed E-state index contributed by atoms with van der Waals surface area (Å²) in [6.45, 7) is 1.89. The van der Waals surface area contributed by atoms with E-state index in [1.807, 2.05) is 31.2 Å². The first-order chi connectivity index (χ1) is 10.0. The van der Waals surface area contributed by atoms with Gasteiger partial charge in [-0.15, -0.1) is 0 Å². The SMILES string of the molecule is COc1cc(C(=O)Nc2cccc(I)c2)cc(OC)c1C. The van der Waals surface area contributed by atoms with E-state index < -0.39 is 0 Å². The summed E-state index contributed by atoms with van der Waals surface area (Å²) in [6.07, 6.45) is 0. The number of halogens is 1. The third kappa shape index (κ3) is 3.66. The highest BCUT2D eigenvalue weighted by Gasteiger charge is 2.13. The molecule has 0 atom stereocenters. The van der Waals surface area contributed by atoms with Crippen LogP contribution in [0.3, 0.4) is 0 Å². The van der Waals surface area contributed by atoms with Gasteiger partial charge in [-0.3, -0.25) is 4.79 Å². The summed E-state index contributed by atoms with van der Waals surface area (Å²) in [7, 11) is 3.14. The molecule has 0 aliphatic heterocycles. The second kappa shape index (κ2) is 6.80. The Morgan fingerprint density at radius 3 is 2.24 bits per heavy atom. The fourth-order valence-electron chi connectivity index (χ4n) is 1.99. The summed E-state index contributed by atoms with van der Waals surface area (Å²) >= 11 is 2.20. The van der Waals surface area contributed by atoms with Gasteiger partial charge in [-0.1, -0.05) is 6.07 Å². The largest absolute Gasteiger partial charge is 0.496 e. The lowest BCUT2D eigenvalue weighted by molar-refractivity contribution is 0.102. The topological polar surface area (TPSA) is 47.6 Å². The molecule has 0 spiro atoms. The minimum Gasteiger partial charge on any atom is -0.496 e. The molecular weight excluding hydrogens is 381 g/mol. The number of hydrogen-bond acceptors (Lipinski definition) is 3. The lowest BCUT2D eigenvalue weighted by Crippen LogP contribution is -2.12. The van der Waals surface area contributed by atoms with E-state index in [1.165, 1.54) is 0 Å². The number of amides is 1. The van der Waals surface area contributed by atoms with Gasteiger partial charge in [0, 0.05) is 20.4 Å². The van der Waals surface area contributed by atoms with Gasteiger partial charge < -0.3 is 14.8 Å². The molecule has 0 heterocycles. The number of rotatable bonds is 4. The van der Waals surface area contributed by atoms with Crippen LogP contribution in [-0.4, -0.2) is 20.1 Å². The van der Waals surface area contributed by atoms with Gasteiger partial charge in [0.15, 0.2) is 0 Å². The third-order valence-corrected chi connectivity index (χ3v) is 3.77. The van der Waals surface area contributed by atoms with E-state index in [0.717, 1.165) is 14.8 Å². The van der Waals surface area contributed by atoms with Crippen molar-refractivity contribution in [2.45, 2.75) is 6.92 Å². The molecule has 2 aromatic carbocycles. The normalized spacial score (nSPS) is 10.1. The van der Waals surface area contributed by atoms with Crippen LogP contribution in [0.2, 0.25) is 0 Å². The van der Waals surface area contributed by atoms with E-state index in [1.54, 1.807) is 26.4 Å². The molecule has 0 aliphatic rings. The van der Waals surface area contributed by atoms with E-state index in [2.05, 4.69) is 27.9 Å². The molecule has 0 fully saturated rings. The molecule has 4 nitrogen and oxygen atoms in total. The van der Waals surface area contributed by atoms with Gasteiger partial charge >= 0.3 is 0 Å². The monoisotopic (exact) mass is 397 g/mol. The highest BCUT2D eigenvalue weighted by molar-refractivity contribution is 14.1. The van der Waals surface area contributed by atoms with E-state index in [0.29, 0.717) is 17.1 Å². The summed E-state index contributed by atoms with van der Waals surface area (Å²) in [5.41, 5.74) is 2.12. The Morgan fingerprint density at radius 2 is 1.71 bits per heavy atom. The predicted molar refractivity (Wildman–Crippen MR) is 91.4 cm³/mol. The van der Waals surface area contributed by atoms with Gasteiger partial charge in [-0.25, -0.2) is 0 Å². The minimum absolute atomic E-state index is 0.200. The summed E-state index contributed by atoms with van der Waals surface area (Å²) in [5, 5.41) is 2.87. The first-order valence-electron chi connectivity index (χ1n) is 6.34. The summed E-state index contributed by atoms with van der Waals surface area (Å²) in [4.78, 5) is 12.3. The summed E-state index contributed by atoms with van der Waals surface area (Å²) in [5.74, 6) is 1.05. The van der Waals surface area contributed by atoms with Crippen LogP contribution < -0.4 is 14.8 Å². The quantitative estimate of drug-likeness (QED) is 0.797. The maximum Gasteiger partial charge on any atom is 0.255 e. The molecule has 0 bridgehead atoms. The van der Waals surface area contributed by atoms with Crippen LogP contribution in [0.4, 0.5) is 5.69 Å². The molecule has 110 valence electrons. The number of carbonyl (C=O) groups excluding carboxylic acids is 1. The Bertz CT molecular complexity index is 645. The Morgan fingerprint density at radius 1 is 1.10 bits per heavy atom. The predicted octanol–water partition coefficient (Wildman–Crippen LogP) is 3.87. The van der Waals surface area contributed by atoms with Crippen LogP contribution in [-0.2, 0) is 0 Å². The van der Waals surface area contributed by atoms with Gasteiger partial charge in [-0.05, 0) is 59.8 Å². The lowest BCUT2D eigenvalue weighted by atomic mass is 10.1. The van der Waals surface area contributed by atoms with Gasteiger partial charge in [0.2, 0.25) is 0 Å². The van der Waals surface area contributed by atoms with Crippen molar-refractivity contribution < 1.29 is 14.3 Å². The smallest absolute Gasteiger partial charge is 0.255 e. The molecule has 1 N–H and O–H groups in total. The summed E-state index contributed by atoms with van der Waals surface area (Å²) < 4.78 is 11.6. The van der Waals surface area contributed by atoms with Crippen molar-refractivity contribution in [2.75, 3.05) is 19.5 Å². The number of ether oxygens (including phenoxy) is 2. The fourth-order valence-corrected chi connectivity index (χ4v) is 2.53. The molecule has 5 heteroatoms. The van der Waals surface area contributed by atoms with Crippen LogP contribution in [0, 0.1) is 10.5 Å². The van der Waals surface area contributed by atoms with Crippen molar-refractivity contribution in [3.63, 3.8) is 0 Å². The Hall–Kier alpha value is -1.76. The average Bonchev–Trinajstić information content (AvgIpc) is 2.47. The second-order valence-electron chi connectivity index (χ2n) is 4.47. The Kier molecular flexibility index (Phi) is 5.06. The number of benzene rings is 2. The number of methoxy groups -OCH3 is 2. The zero-order valence-electron chi connectivity index (χ0n) is 12.1. The first-order valence-corrected chi connectivity index (χ1v) is 7.42. The highest BCUT2D eigenvalue weighted by Crippen LogP contribution is 2.29. The maximum absolute atomic E-state index is 12.3. The zero-order chi connectivity index (χ0) is 15.4. The first kappa shape index (κ1) is 15.6. The van der Waals surface area contributed by atoms with Gasteiger partial charge in [0.1, 0.15) is 11.5 Å². The Balaban J connectivity index is 2.31. The molecule has 2 aromatic rings. The molecule has 21 heavy (non-hydrogen) atoms. The zero-order valence-corrected chi connectivity index (χ0v) is 14.2. The van der Waals surface area contributed by atoms with E-state index >= 15 is 0 Å². The average molecular weight is 397 g/mol. The minimum atomic E-state index is -0.200. The molecule has 0 saturated heterocycles. The van der Waals surface area contributed by atoms with Crippen molar-refractivity contribution >= 4 is 34.2 Å². The van der Waals surface area contributed by atoms with E-state index in [9.17, 15) is 4.79 Å². The standard InChI is InChI=1S/C16H16INO3/c1-10-14(20-2)7-11(8-15(10)21-3)16(19)18-13-6-4-5-12(17)9-13/h4-9H,1-3H3,(H,18,19). The molecule has 2 rings (SSSR count). The van der Waals surface area contributed by atoms with Gasteiger partial charge in [-0.2, -0.15) is 0 Å². The van der Waals surface area contributed by atoms with Crippen LogP contribution in [0.5, 0.6) is 11.5 Å². The van der Waals surface area contributed by atoms with Gasteiger partial charge in [0.05, 0.1) is 14.2 Å². The van der Waals surface area contributed by atoms with Gasteiger partial charge in [0.25, 0.3) is 5.91 Å². The van der Waals surface area contributed by atoms with Crippen molar-refractivity contribution in [1.29, 1.82) is 0 Å². The molecule has 0 saturated carbocycles. The molecule has 0 aromatic heterocycles. The van der Waals surface area contributed by atoms with Crippen molar-refractivity contribution in [1.82, 2.24) is 0 Å². The second-order valence-corrected chi connectivity index (χ2v) is 5.72. The lowest BCUT2D eigenvalue weighted by Gasteiger charge is -2.12. The van der Waals surface area contributed by atoms with Crippen molar-refractivity contribution in [2.24, 2.45) is 0 Å². The van der Waals surface area contributed by atoms with Crippen LogP contribution in [0.1, 0.15) is 15.9 Å². The number of carbonyl (C=O) groups is 1. The number of anilines is 1. The van der Waals surface area contributed by atoms with Crippen LogP contribution in [0.15, 0.2) is 36.4 Å². The molecule has 0 unspecified atom stereocenters. The van der Waals surface area contributed by atoms with Crippen molar-refractivity contribution in [3.8, 4) is 11.5 Å². The summed E-state index contributed by atoms with van der Waals surface area (Å²) in [6, 6.07) is 11.0. The molecule has 0 aliphatic carbocycles. The van der Waals surface area contributed by atoms with Crippen molar-refractivity contribution in [3.05, 3.63) is 51.1 Å². The number of hydrogen-bond donors (Lipinski definition) is 1.